The van der Waals surface area contributed by atoms with Gasteiger partial charge in [0.1, 0.15) is 5.75 Å². The van der Waals surface area contributed by atoms with E-state index >= 15 is 0 Å². The number of aliphatic carboxylic acids is 2. The molecule has 1 aromatic heterocycles. The largest absolute Gasteiger partial charge is 0.497 e. The Balaban J connectivity index is 0.000000300. The molecule has 0 aliphatic carbocycles. The summed E-state index contributed by atoms with van der Waals surface area (Å²) in [7, 11) is 3.88. The van der Waals surface area contributed by atoms with E-state index in [0.29, 0.717) is 18.2 Å². The van der Waals surface area contributed by atoms with Crippen LogP contribution in [0.5, 0.6) is 5.75 Å². The van der Waals surface area contributed by atoms with Gasteiger partial charge in [-0.25, -0.2) is 9.59 Å². The topological polar surface area (TPSA) is 100.0 Å². The van der Waals surface area contributed by atoms with Crippen LogP contribution in [0.2, 0.25) is 0 Å². The average Bonchev–Trinajstić information content (AvgIpc) is 3.13. The van der Waals surface area contributed by atoms with Crippen molar-refractivity contribution in [3.05, 3.63) is 60.4 Å². The monoisotopic (exact) mass is 384 g/mol. The van der Waals surface area contributed by atoms with Crippen LogP contribution in [0.25, 0.3) is 11.1 Å². The van der Waals surface area contributed by atoms with Crippen molar-refractivity contribution in [3.8, 4) is 16.9 Å². The van der Waals surface area contributed by atoms with Gasteiger partial charge in [-0.2, -0.15) is 0 Å². The third-order valence-electron chi connectivity index (χ3n) is 4.46. The molecule has 7 heteroatoms. The third-order valence-corrected chi connectivity index (χ3v) is 4.46. The maximum Gasteiger partial charge on any atom is 0.328 e. The quantitative estimate of drug-likeness (QED) is 0.763. The van der Waals surface area contributed by atoms with Crippen LogP contribution in [0.3, 0.4) is 0 Å². The number of pyridine rings is 1. The van der Waals surface area contributed by atoms with Crippen LogP contribution in [-0.2, 0) is 9.59 Å². The number of nitrogens with zero attached hydrogens (tertiary/aromatic N) is 2. The molecule has 2 aromatic rings. The number of rotatable bonds is 5. The minimum atomic E-state index is -1.26. The highest BCUT2D eigenvalue weighted by molar-refractivity contribution is 5.89. The van der Waals surface area contributed by atoms with E-state index in [1.165, 1.54) is 36.1 Å². The summed E-state index contributed by atoms with van der Waals surface area (Å²) >= 11 is 0. The van der Waals surface area contributed by atoms with Gasteiger partial charge in [0, 0.05) is 36.2 Å². The van der Waals surface area contributed by atoms with Crippen molar-refractivity contribution in [2.75, 3.05) is 20.7 Å². The van der Waals surface area contributed by atoms with E-state index in [4.69, 9.17) is 14.9 Å². The lowest BCUT2D eigenvalue weighted by molar-refractivity contribution is -0.134. The zero-order valence-electron chi connectivity index (χ0n) is 15.9. The molecule has 1 unspecified atom stereocenters. The number of carboxylic acid groups (broad SMARTS) is 2. The fraction of sp³-hybridized carbons (Fsp3) is 0.286. The molecule has 0 bridgehead atoms. The number of hydrogen-bond donors (Lipinski definition) is 2. The van der Waals surface area contributed by atoms with Crippen LogP contribution in [0.4, 0.5) is 0 Å². The number of methoxy groups -OCH3 is 1. The second kappa shape index (κ2) is 10.2. The smallest absolute Gasteiger partial charge is 0.328 e. The second-order valence-corrected chi connectivity index (χ2v) is 6.38. The van der Waals surface area contributed by atoms with E-state index < -0.39 is 11.9 Å². The Kier molecular flexibility index (Phi) is 7.71. The first-order chi connectivity index (χ1) is 13.4. The molecule has 0 amide bonds. The van der Waals surface area contributed by atoms with Gasteiger partial charge in [-0.3, -0.25) is 9.88 Å². The average molecular weight is 384 g/mol. The highest BCUT2D eigenvalue weighted by Crippen LogP contribution is 2.32. The van der Waals surface area contributed by atoms with Crippen LogP contribution in [0, 0.1) is 0 Å². The Morgan fingerprint density at radius 3 is 2.25 bits per heavy atom. The Bertz CT molecular complexity index is 817. The van der Waals surface area contributed by atoms with Gasteiger partial charge in [0.2, 0.25) is 0 Å². The Morgan fingerprint density at radius 2 is 1.75 bits per heavy atom. The number of carbonyl (C=O) groups is 2. The lowest BCUT2D eigenvalue weighted by atomic mass is 10.0. The van der Waals surface area contributed by atoms with E-state index in [2.05, 4.69) is 35.1 Å². The van der Waals surface area contributed by atoms with E-state index in [1.807, 2.05) is 24.5 Å². The number of ether oxygens (including phenoxy) is 1. The van der Waals surface area contributed by atoms with Gasteiger partial charge < -0.3 is 14.9 Å². The molecule has 1 fully saturated rings. The predicted octanol–water partition coefficient (Wildman–Crippen LogP) is 3.24. The molecule has 1 aromatic carbocycles. The van der Waals surface area contributed by atoms with E-state index in [-0.39, 0.29) is 0 Å². The van der Waals surface area contributed by atoms with Gasteiger partial charge in [0.05, 0.1) is 7.11 Å². The van der Waals surface area contributed by atoms with Crippen molar-refractivity contribution in [2.24, 2.45) is 0 Å². The highest BCUT2D eigenvalue weighted by Gasteiger charge is 2.22. The summed E-state index contributed by atoms with van der Waals surface area (Å²) in [6.07, 6.45) is 7.54. The number of aromatic nitrogens is 1. The standard InChI is InChI=1S/C17H20N2O.C4H4O4/c1-19-9-3-4-17(19)15-10-14(11-18-12-15)13-5-7-16(20-2)8-6-13;5-3(6)1-2-4(7)8/h5-8,10-12,17H,3-4,9H2,1-2H3;1-2H,(H,5,6)(H,7,8)/b;2-1+. The molecule has 2 N–H and O–H groups in total. The van der Waals surface area contributed by atoms with Crippen molar-refractivity contribution >= 4 is 11.9 Å². The number of benzene rings is 1. The summed E-state index contributed by atoms with van der Waals surface area (Å²) < 4.78 is 5.20. The first kappa shape index (κ1) is 21.1. The molecule has 0 saturated carbocycles. The van der Waals surface area contributed by atoms with Crippen LogP contribution in [-0.4, -0.2) is 52.7 Å². The van der Waals surface area contributed by atoms with Crippen LogP contribution in [0.15, 0.2) is 54.9 Å². The fourth-order valence-electron chi connectivity index (χ4n) is 3.06. The van der Waals surface area contributed by atoms with E-state index in [1.54, 1.807) is 7.11 Å². The summed E-state index contributed by atoms with van der Waals surface area (Å²) in [5.41, 5.74) is 3.67. The summed E-state index contributed by atoms with van der Waals surface area (Å²) in [4.78, 5) is 25.9. The first-order valence-corrected chi connectivity index (χ1v) is 8.84. The van der Waals surface area contributed by atoms with Crippen LogP contribution < -0.4 is 4.74 Å². The SMILES string of the molecule is COc1ccc(-c2cncc(C3CCCN3C)c2)cc1.O=C(O)/C=C/C(=O)O. The maximum atomic E-state index is 9.55. The fourth-order valence-corrected chi connectivity index (χ4v) is 3.06. The normalized spacial score (nSPS) is 16.4. The highest BCUT2D eigenvalue weighted by atomic mass is 16.5. The molecule has 1 atom stereocenters. The minimum absolute atomic E-state index is 0.515. The maximum absolute atomic E-state index is 9.55. The predicted molar refractivity (Wildman–Crippen MR) is 105 cm³/mol. The summed E-state index contributed by atoms with van der Waals surface area (Å²) in [6.45, 7) is 1.18. The molecule has 0 spiro atoms. The van der Waals surface area contributed by atoms with Crippen molar-refractivity contribution in [1.29, 1.82) is 0 Å². The van der Waals surface area contributed by atoms with Gasteiger partial charge in [0.25, 0.3) is 0 Å². The van der Waals surface area contributed by atoms with Gasteiger partial charge in [-0.1, -0.05) is 12.1 Å². The first-order valence-electron chi connectivity index (χ1n) is 8.84. The number of carboxylic acids is 2. The molecule has 7 nitrogen and oxygen atoms in total. The molecule has 1 aliphatic rings. The van der Waals surface area contributed by atoms with Gasteiger partial charge >= 0.3 is 11.9 Å². The van der Waals surface area contributed by atoms with E-state index in [0.717, 1.165) is 5.75 Å². The summed E-state index contributed by atoms with van der Waals surface area (Å²) in [5.74, 6) is -1.63. The van der Waals surface area contributed by atoms with Gasteiger partial charge in [-0.15, -0.1) is 0 Å². The molecule has 148 valence electrons. The summed E-state index contributed by atoms with van der Waals surface area (Å²) in [6, 6.07) is 10.9. The zero-order valence-corrected chi connectivity index (χ0v) is 15.9. The van der Waals surface area contributed by atoms with Crippen LogP contribution in [0.1, 0.15) is 24.4 Å². The second-order valence-electron chi connectivity index (χ2n) is 6.38. The molecule has 2 heterocycles. The molecule has 3 rings (SSSR count). The summed E-state index contributed by atoms with van der Waals surface area (Å²) in [5, 5.41) is 15.6. The number of hydrogen-bond acceptors (Lipinski definition) is 5. The Hall–Kier alpha value is -3.19. The lowest BCUT2D eigenvalue weighted by Crippen LogP contribution is -2.17. The van der Waals surface area contributed by atoms with Crippen molar-refractivity contribution in [2.45, 2.75) is 18.9 Å². The minimum Gasteiger partial charge on any atom is -0.497 e. The van der Waals surface area contributed by atoms with E-state index in [9.17, 15) is 9.59 Å². The molecule has 1 aliphatic heterocycles. The van der Waals surface area contributed by atoms with Crippen molar-refractivity contribution in [3.63, 3.8) is 0 Å². The zero-order chi connectivity index (χ0) is 20.5. The van der Waals surface area contributed by atoms with Gasteiger partial charge in [-0.05, 0) is 55.8 Å². The van der Waals surface area contributed by atoms with Crippen molar-refractivity contribution < 1.29 is 24.5 Å². The van der Waals surface area contributed by atoms with Crippen molar-refractivity contribution in [1.82, 2.24) is 9.88 Å². The Morgan fingerprint density at radius 1 is 1.11 bits per heavy atom. The molecular weight excluding hydrogens is 360 g/mol. The lowest BCUT2D eigenvalue weighted by Gasteiger charge is -2.20. The number of likely N-dealkylation sites (tertiary alicyclic amines) is 1. The molecule has 1 saturated heterocycles. The Labute approximate surface area is 163 Å². The molecule has 0 radical (unpaired) electrons. The van der Waals surface area contributed by atoms with Gasteiger partial charge in [0.15, 0.2) is 0 Å². The molecular formula is C21H24N2O5. The third kappa shape index (κ3) is 6.21. The van der Waals surface area contributed by atoms with Crippen LogP contribution >= 0.6 is 0 Å². The molecule has 28 heavy (non-hydrogen) atoms.